The first-order valence-electron chi connectivity index (χ1n) is 6.04. The van der Waals surface area contributed by atoms with Crippen LogP contribution in [0, 0.1) is 5.82 Å². The SMILES string of the molecule is O=C(O)c1ccc(F)c(CS(=O)CC2CCCO2)c1. The zero-order chi connectivity index (χ0) is 13.8. The fraction of sp³-hybridized carbons (Fsp3) is 0.462. The quantitative estimate of drug-likeness (QED) is 0.898. The average Bonchev–Trinajstić information content (AvgIpc) is 2.84. The van der Waals surface area contributed by atoms with Crippen LogP contribution in [0.25, 0.3) is 0 Å². The summed E-state index contributed by atoms with van der Waals surface area (Å²) in [7, 11) is -1.25. The molecule has 0 aromatic heterocycles. The molecular formula is C13H15FO4S. The van der Waals surface area contributed by atoms with E-state index in [1.165, 1.54) is 12.1 Å². The molecule has 2 atom stereocenters. The van der Waals surface area contributed by atoms with E-state index in [1.807, 2.05) is 0 Å². The molecule has 1 aliphatic heterocycles. The molecule has 6 heteroatoms. The summed E-state index contributed by atoms with van der Waals surface area (Å²) < 4.78 is 30.8. The molecule has 0 bridgehead atoms. The van der Waals surface area contributed by atoms with Crippen molar-refractivity contribution >= 4 is 16.8 Å². The van der Waals surface area contributed by atoms with Crippen LogP contribution in [0.1, 0.15) is 28.8 Å². The van der Waals surface area contributed by atoms with E-state index in [1.54, 1.807) is 0 Å². The fourth-order valence-corrected chi connectivity index (χ4v) is 3.40. The van der Waals surface area contributed by atoms with Crippen LogP contribution >= 0.6 is 0 Å². The fourth-order valence-electron chi connectivity index (χ4n) is 2.03. The summed E-state index contributed by atoms with van der Waals surface area (Å²) in [5.41, 5.74) is 0.182. The van der Waals surface area contributed by atoms with Gasteiger partial charge in [-0.2, -0.15) is 0 Å². The standard InChI is InChI=1S/C13H15FO4S/c14-12-4-3-9(13(15)16)6-10(12)7-19(17)8-11-2-1-5-18-11/h3-4,6,11H,1-2,5,7-8H2,(H,15,16). The van der Waals surface area contributed by atoms with Gasteiger partial charge in [0.05, 0.1) is 23.2 Å². The molecular weight excluding hydrogens is 271 g/mol. The lowest BCUT2D eigenvalue weighted by atomic mass is 10.1. The van der Waals surface area contributed by atoms with Gasteiger partial charge in [0.1, 0.15) is 5.82 Å². The molecule has 0 saturated carbocycles. The first-order valence-corrected chi connectivity index (χ1v) is 7.53. The van der Waals surface area contributed by atoms with Crippen molar-refractivity contribution in [1.82, 2.24) is 0 Å². The highest BCUT2D eigenvalue weighted by molar-refractivity contribution is 7.84. The summed E-state index contributed by atoms with van der Waals surface area (Å²) in [6, 6.07) is 3.54. The number of aromatic carboxylic acids is 1. The molecule has 19 heavy (non-hydrogen) atoms. The minimum Gasteiger partial charge on any atom is -0.478 e. The second-order valence-electron chi connectivity index (χ2n) is 4.50. The predicted molar refractivity (Wildman–Crippen MR) is 69.0 cm³/mol. The third-order valence-electron chi connectivity index (χ3n) is 3.00. The Morgan fingerprint density at radius 2 is 2.32 bits per heavy atom. The van der Waals surface area contributed by atoms with E-state index >= 15 is 0 Å². The van der Waals surface area contributed by atoms with Crippen molar-refractivity contribution < 1.29 is 23.2 Å². The van der Waals surface area contributed by atoms with Gasteiger partial charge in [-0.15, -0.1) is 0 Å². The summed E-state index contributed by atoms with van der Waals surface area (Å²) in [6.07, 6.45) is 1.82. The zero-order valence-corrected chi connectivity index (χ0v) is 11.1. The Bertz CT molecular complexity index is 497. The van der Waals surface area contributed by atoms with Crippen molar-refractivity contribution in [3.05, 3.63) is 35.1 Å². The maximum atomic E-state index is 13.5. The summed E-state index contributed by atoms with van der Waals surface area (Å²) in [5.74, 6) is -1.25. The predicted octanol–water partition coefficient (Wildman–Crippen LogP) is 1.95. The van der Waals surface area contributed by atoms with E-state index in [-0.39, 0.29) is 23.0 Å². The Kier molecular flexibility index (Phi) is 4.66. The Hall–Kier alpha value is -1.27. The minimum atomic E-state index is -1.25. The maximum Gasteiger partial charge on any atom is 0.335 e. The molecule has 1 aliphatic rings. The maximum absolute atomic E-state index is 13.5. The summed E-state index contributed by atoms with van der Waals surface area (Å²) in [4.78, 5) is 10.8. The van der Waals surface area contributed by atoms with E-state index in [0.29, 0.717) is 12.4 Å². The van der Waals surface area contributed by atoms with Crippen LogP contribution in [0.3, 0.4) is 0 Å². The molecule has 1 fully saturated rings. The Morgan fingerprint density at radius 1 is 1.53 bits per heavy atom. The third-order valence-corrected chi connectivity index (χ3v) is 4.38. The second-order valence-corrected chi connectivity index (χ2v) is 6.00. The molecule has 104 valence electrons. The van der Waals surface area contributed by atoms with Crippen molar-refractivity contribution in [3.63, 3.8) is 0 Å². The number of benzene rings is 1. The number of ether oxygens (including phenoxy) is 1. The number of hydrogen-bond donors (Lipinski definition) is 1. The van der Waals surface area contributed by atoms with Gasteiger partial charge in [0, 0.05) is 23.0 Å². The van der Waals surface area contributed by atoms with Crippen LogP contribution in [-0.2, 0) is 21.3 Å². The molecule has 1 aromatic carbocycles. The van der Waals surface area contributed by atoms with Gasteiger partial charge in [-0.1, -0.05) is 0 Å². The van der Waals surface area contributed by atoms with Crippen LogP contribution in [0.5, 0.6) is 0 Å². The Balaban J connectivity index is 2.02. The van der Waals surface area contributed by atoms with Gasteiger partial charge in [-0.3, -0.25) is 4.21 Å². The number of carboxylic acid groups (broad SMARTS) is 1. The van der Waals surface area contributed by atoms with Crippen LogP contribution < -0.4 is 0 Å². The van der Waals surface area contributed by atoms with Gasteiger partial charge in [0.25, 0.3) is 0 Å². The molecule has 4 nitrogen and oxygen atoms in total. The van der Waals surface area contributed by atoms with Crippen molar-refractivity contribution in [1.29, 1.82) is 0 Å². The van der Waals surface area contributed by atoms with Crippen molar-refractivity contribution in [3.8, 4) is 0 Å². The van der Waals surface area contributed by atoms with Crippen LogP contribution in [-0.4, -0.2) is 33.7 Å². The van der Waals surface area contributed by atoms with Crippen molar-refractivity contribution in [2.45, 2.75) is 24.7 Å². The molecule has 0 radical (unpaired) electrons. The lowest BCUT2D eigenvalue weighted by molar-refractivity contribution is 0.0696. The van der Waals surface area contributed by atoms with Gasteiger partial charge in [0.2, 0.25) is 0 Å². The number of carboxylic acids is 1. The number of carbonyl (C=O) groups is 1. The minimum absolute atomic E-state index is 0.00511. The number of rotatable bonds is 5. The molecule has 0 amide bonds. The second kappa shape index (κ2) is 6.25. The highest BCUT2D eigenvalue weighted by atomic mass is 32.2. The van der Waals surface area contributed by atoms with Crippen molar-refractivity contribution in [2.75, 3.05) is 12.4 Å². The smallest absolute Gasteiger partial charge is 0.335 e. The van der Waals surface area contributed by atoms with E-state index in [9.17, 15) is 13.4 Å². The largest absolute Gasteiger partial charge is 0.478 e. The topological polar surface area (TPSA) is 63.6 Å². The highest BCUT2D eigenvalue weighted by Gasteiger charge is 2.19. The molecule has 1 aromatic rings. The van der Waals surface area contributed by atoms with Crippen molar-refractivity contribution in [2.24, 2.45) is 0 Å². The first kappa shape index (κ1) is 14.1. The third kappa shape index (κ3) is 3.84. The molecule has 2 rings (SSSR count). The van der Waals surface area contributed by atoms with E-state index < -0.39 is 22.6 Å². The Labute approximate surface area is 113 Å². The summed E-state index contributed by atoms with van der Waals surface area (Å²) in [6.45, 7) is 0.685. The summed E-state index contributed by atoms with van der Waals surface area (Å²) >= 11 is 0. The average molecular weight is 286 g/mol. The lowest BCUT2D eigenvalue weighted by Gasteiger charge is -2.09. The van der Waals surface area contributed by atoms with Gasteiger partial charge in [0.15, 0.2) is 0 Å². The molecule has 0 aliphatic carbocycles. The van der Waals surface area contributed by atoms with E-state index in [4.69, 9.17) is 9.84 Å². The number of hydrogen-bond acceptors (Lipinski definition) is 3. The van der Waals surface area contributed by atoms with E-state index in [0.717, 1.165) is 18.9 Å². The van der Waals surface area contributed by atoms with Crippen LogP contribution in [0.4, 0.5) is 4.39 Å². The summed E-state index contributed by atoms with van der Waals surface area (Å²) in [5, 5.41) is 8.85. The van der Waals surface area contributed by atoms with Gasteiger partial charge in [-0.05, 0) is 31.0 Å². The molecule has 1 N–H and O–H groups in total. The molecule has 2 unspecified atom stereocenters. The first-order chi connectivity index (χ1) is 9.06. The number of halogens is 1. The van der Waals surface area contributed by atoms with Gasteiger partial charge < -0.3 is 9.84 Å². The van der Waals surface area contributed by atoms with E-state index in [2.05, 4.69) is 0 Å². The van der Waals surface area contributed by atoms with Gasteiger partial charge >= 0.3 is 5.97 Å². The van der Waals surface area contributed by atoms with Crippen LogP contribution in [0.15, 0.2) is 18.2 Å². The zero-order valence-electron chi connectivity index (χ0n) is 10.3. The lowest BCUT2D eigenvalue weighted by Crippen LogP contribution is -2.17. The highest BCUT2D eigenvalue weighted by Crippen LogP contribution is 2.17. The molecule has 0 spiro atoms. The Morgan fingerprint density at radius 3 is 2.95 bits per heavy atom. The molecule has 1 saturated heterocycles. The van der Waals surface area contributed by atoms with Crippen LogP contribution in [0.2, 0.25) is 0 Å². The molecule has 1 heterocycles. The monoisotopic (exact) mass is 286 g/mol. The van der Waals surface area contributed by atoms with Gasteiger partial charge in [-0.25, -0.2) is 9.18 Å². The normalized spacial score (nSPS) is 20.4.